The van der Waals surface area contributed by atoms with Gasteiger partial charge >= 0.3 is 0 Å². The third kappa shape index (κ3) is 5.41. The van der Waals surface area contributed by atoms with Crippen molar-refractivity contribution in [3.8, 4) is 5.75 Å². The molecule has 0 fully saturated rings. The van der Waals surface area contributed by atoms with Gasteiger partial charge in [0.1, 0.15) is 23.7 Å². The van der Waals surface area contributed by atoms with Gasteiger partial charge in [0.05, 0.1) is 17.6 Å². The molecule has 176 valence electrons. The van der Waals surface area contributed by atoms with Crippen LogP contribution < -0.4 is 15.0 Å². The van der Waals surface area contributed by atoms with E-state index in [1.54, 1.807) is 12.1 Å². The molecule has 10 heteroatoms. The first kappa shape index (κ1) is 24.4. The molecule has 3 aromatic rings. The highest BCUT2D eigenvalue weighted by Gasteiger charge is 2.32. The van der Waals surface area contributed by atoms with Crippen LogP contribution in [0.2, 0.25) is 0 Å². The van der Waals surface area contributed by atoms with Gasteiger partial charge in [-0.3, -0.25) is 0 Å². The SMILES string of the molecule is CCNc1ncnc(N(C)Cc2ccccc2)c1[C@H](O)N(C)S(=O)(=O)c1ccc(OC)cc1. The van der Waals surface area contributed by atoms with Crippen LogP contribution in [0, 0.1) is 0 Å². The van der Waals surface area contributed by atoms with Crippen molar-refractivity contribution in [1.82, 2.24) is 14.3 Å². The van der Waals surface area contributed by atoms with Crippen LogP contribution in [0.25, 0.3) is 0 Å². The summed E-state index contributed by atoms with van der Waals surface area (Å²) in [7, 11) is 0.646. The maximum absolute atomic E-state index is 13.2. The number of aromatic nitrogens is 2. The van der Waals surface area contributed by atoms with Crippen molar-refractivity contribution in [2.45, 2.75) is 24.6 Å². The van der Waals surface area contributed by atoms with Crippen LogP contribution in [-0.2, 0) is 16.6 Å². The normalized spacial score (nSPS) is 12.4. The number of aliphatic hydroxyl groups excluding tert-OH is 1. The van der Waals surface area contributed by atoms with Crippen LogP contribution in [-0.4, -0.2) is 55.5 Å². The summed E-state index contributed by atoms with van der Waals surface area (Å²) in [4.78, 5) is 10.5. The van der Waals surface area contributed by atoms with E-state index in [0.29, 0.717) is 30.5 Å². The summed E-state index contributed by atoms with van der Waals surface area (Å²) in [6, 6.07) is 15.8. The number of rotatable bonds is 10. The second-order valence-electron chi connectivity index (χ2n) is 7.40. The Morgan fingerprint density at radius 2 is 1.73 bits per heavy atom. The standard InChI is InChI=1S/C23H29N5O4S/c1-5-24-21-20(22(26-16-25-21)27(2)15-17-9-7-6-8-10-17)23(29)28(3)33(30,31)19-13-11-18(32-4)12-14-19/h6-14,16,23,29H,5,15H2,1-4H3,(H,24,25,26)/t23-/m0/s1. The van der Waals surface area contributed by atoms with Crippen LogP contribution in [0.4, 0.5) is 11.6 Å². The lowest BCUT2D eigenvalue weighted by atomic mass is 10.2. The Morgan fingerprint density at radius 3 is 2.33 bits per heavy atom. The minimum atomic E-state index is -4.02. The van der Waals surface area contributed by atoms with Crippen LogP contribution in [0.3, 0.4) is 0 Å². The fourth-order valence-corrected chi connectivity index (χ4v) is 4.58. The minimum Gasteiger partial charge on any atom is -0.497 e. The largest absolute Gasteiger partial charge is 0.497 e. The number of benzene rings is 2. The first-order chi connectivity index (χ1) is 15.8. The number of anilines is 2. The first-order valence-corrected chi connectivity index (χ1v) is 11.9. The van der Waals surface area contributed by atoms with Crippen LogP contribution in [0.1, 0.15) is 24.3 Å². The average molecular weight is 472 g/mol. The van der Waals surface area contributed by atoms with Gasteiger partial charge in [0.15, 0.2) is 6.23 Å². The zero-order valence-corrected chi connectivity index (χ0v) is 20.0. The van der Waals surface area contributed by atoms with Gasteiger partial charge in [-0.1, -0.05) is 30.3 Å². The number of aliphatic hydroxyl groups is 1. The number of ether oxygens (including phenoxy) is 1. The summed E-state index contributed by atoms with van der Waals surface area (Å²) in [5, 5.41) is 14.4. The number of nitrogens with one attached hydrogen (secondary N) is 1. The molecule has 0 aliphatic heterocycles. The van der Waals surface area contributed by atoms with Gasteiger partial charge in [-0.05, 0) is 36.8 Å². The van der Waals surface area contributed by atoms with E-state index in [9.17, 15) is 13.5 Å². The van der Waals surface area contributed by atoms with Gasteiger partial charge < -0.3 is 20.1 Å². The molecule has 0 aliphatic rings. The Balaban J connectivity index is 1.99. The molecule has 3 rings (SSSR count). The predicted molar refractivity (Wildman–Crippen MR) is 128 cm³/mol. The monoisotopic (exact) mass is 471 g/mol. The highest BCUT2D eigenvalue weighted by molar-refractivity contribution is 7.89. The number of sulfonamides is 1. The lowest BCUT2D eigenvalue weighted by Crippen LogP contribution is -2.33. The van der Waals surface area contributed by atoms with Crippen LogP contribution in [0.5, 0.6) is 5.75 Å². The fourth-order valence-electron chi connectivity index (χ4n) is 3.40. The molecular weight excluding hydrogens is 442 g/mol. The molecule has 1 atom stereocenters. The Morgan fingerprint density at radius 1 is 1.06 bits per heavy atom. The number of nitrogens with zero attached hydrogens (tertiary/aromatic N) is 4. The minimum absolute atomic E-state index is 0.0332. The summed E-state index contributed by atoms with van der Waals surface area (Å²) in [6.45, 7) is 2.94. The van der Waals surface area contributed by atoms with Crippen molar-refractivity contribution in [1.29, 1.82) is 0 Å². The molecule has 0 bridgehead atoms. The van der Waals surface area contributed by atoms with E-state index in [-0.39, 0.29) is 10.5 Å². The van der Waals surface area contributed by atoms with E-state index in [4.69, 9.17) is 4.74 Å². The quantitative estimate of drug-likeness (QED) is 0.435. The van der Waals surface area contributed by atoms with E-state index in [1.165, 1.54) is 32.6 Å². The number of methoxy groups -OCH3 is 1. The van der Waals surface area contributed by atoms with Crippen LogP contribution >= 0.6 is 0 Å². The smallest absolute Gasteiger partial charge is 0.245 e. The van der Waals surface area contributed by atoms with Crippen LogP contribution in [0.15, 0.2) is 65.8 Å². The highest BCUT2D eigenvalue weighted by atomic mass is 32.2. The maximum Gasteiger partial charge on any atom is 0.245 e. The molecule has 9 nitrogen and oxygen atoms in total. The fraction of sp³-hybridized carbons (Fsp3) is 0.304. The molecule has 0 radical (unpaired) electrons. The summed E-state index contributed by atoms with van der Waals surface area (Å²) < 4.78 is 32.5. The van der Waals surface area contributed by atoms with Crippen molar-refractivity contribution in [3.63, 3.8) is 0 Å². The van der Waals surface area contributed by atoms with Gasteiger partial charge in [-0.15, -0.1) is 0 Å². The van der Waals surface area contributed by atoms with Crippen molar-refractivity contribution < 1.29 is 18.3 Å². The molecule has 0 amide bonds. The van der Waals surface area contributed by atoms with Gasteiger partial charge in [-0.2, -0.15) is 4.31 Å². The summed E-state index contributed by atoms with van der Waals surface area (Å²) in [5.41, 5.74) is 1.32. The highest BCUT2D eigenvalue weighted by Crippen LogP contribution is 2.34. The third-order valence-corrected chi connectivity index (χ3v) is 7.00. The zero-order chi connectivity index (χ0) is 24.0. The molecule has 0 aliphatic carbocycles. The van der Waals surface area contributed by atoms with Crippen molar-refractivity contribution in [2.24, 2.45) is 0 Å². The summed E-state index contributed by atoms with van der Waals surface area (Å²) in [5.74, 6) is 1.33. The molecule has 1 heterocycles. The maximum atomic E-state index is 13.2. The average Bonchev–Trinajstić information content (AvgIpc) is 2.83. The van der Waals surface area contributed by atoms with Gasteiger partial charge in [0.25, 0.3) is 0 Å². The molecule has 0 saturated carbocycles. The number of hydrogen-bond acceptors (Lipinski definition) is 8. The van der Waals surface area contributed by atoms with E-state index < -0.39 is 16.3 Å². The Hall–Kier alpha value is -3.21. The van der Waals surface area contributed by atoms with E-state index in [0.717, 1.165) is 9.87 Å². The van der Waals surface area contributed by atoms with Gasteiger partial charge in [0.2, 0.25) is 10.0 Å². The molecule has 2 aromatic carbocycles. The second-order valence-corrected chi connectivity index (χ2v) is 9.40. The van der Waals surface area contributed by atoms with Gasteiger partial charge in [0, 0.05) is 27.2 Å². The van der Waals surface area contributed by atoms with Crippen molar-refractivity contribution in [2.75, 3.05) is 38.0 Å². The van der Waals surface area contributed by atoms with Crippen molar-refractivity contribution >= 4 is 21.7 Å². The Bertz CT molecular complexity index is 1160. The third-order valence-electron chi connectivity index (χ3n) is 5.17. The predicted octanol–water partition coefficient (Wildman–Crippen LogP) is 2.87. The van der Waals surface area contributed by atoms with E-state index in [1.807, 2.05) is 49.2 Å². The Kier molecular flexibility index (Phi) is 7.85. The van der Waals surface area contributed by atoms with E-state index >= 15 is 0 Å². The second kappa shape index (κ2) is 10.6. The lowest BCUT2D eigenvalue weighted by Gasteiger charge is -2.29. The molecule has 1 aromatic heterocycles. The molecule has 0 spiro atoms. The first-order valence-electron chi connectivity index (χ1n) is 10.4. The topological polar surface area (TPSA) is 108 Å². The van der Waals surface area contributed by atoms with Crippen molar-refractivity contribution in [3.05, 3.63) is 72.1 Å². The summed E-state index contributed by atoms with van der Waals surface area (Å²) in [6.07, 6.45) is -0.135. The summed E-state index contributed by atoms with van der Waals surface area (Å²) >= 11 is 0. The zero-order valence-electron chi connectivity index (χ0n) is 19.1. The molecule has 33 heavy (non-hydrogen) atoms. The molecule has 2 N–H and O–H groups in total. The molecule has 0 unspecified atom stereocenters. The molecular formula is C23H29N5O4S. The lowest BCUT2D eigenvalue weighted by molar-refractivity contribution is 0.0786. The number of hydrogen-bond donors (Lipinski definition) is 2. The molecule has 0 saturated heterocycles. The van der Waals surface area contributed by atoms with E-state index in [2.05, 4.69) is 15.3 Å². The Labute approximate surface area is 194 Å². The van der Waals surface area contributed by atoms with Gasteiger partial charge in [-0.25, -0.2) is 18.4 Å².